The van der Waals surface area contributed by atoms with Crippen molar-refractivity contribution in [3.63, 3.8) is 0 Å². The third-order valence-corrected chi connectivity index (χ3v) is 3.40. The highest BCUT2D eigenvalue weighted by Gasteiger charge is 2.19. The molecular formula is C15H15NO5. The van der Waals surface area contributed by atoms with Crippen LogP contribution >= 0.6 is 0 Å². The Morgan fingerprint density at radius 3 is 2.76 bits per heavy atom. The zero-order chi connectivity index (χ0) is 14.8. The van der Waals surface area contributed by atoms with Crippen molar-refractivity contribution in [3.8, 4) is 5.75 Å². The topological polar surface area (TPSA) is 69.0 Å². The van der Waals surface area contributed by atoms with Crippen molar-refractivity contribution in [1.29, 1.82) is 0 Å². The Hall–Kier alpha value is -2.34. The zero-order valence-electron chi connectivity index (χ0n) is 11.6. The largest absolute Gasteiger partial charge is 0.423 e. The van der Waals surface area contributed by atoms with Gasteiger partial charge in [-0.05, 0) is 24.6 Å². The van der Waals surface area contributed by atoms with Crippen LogP contribution in [0.5, 0.6) is 5.75 Å². The van der Waals surface area contributed by atoms with Gasteiger partial charge in [0.25, 0.3) is 0 Å². The Balaban J connectivity index is 1.84. The van der Waals surface area contributed by atoms with Gasteiger partial charge in [0, 0.05) is 30.6 Å². The first kappa shape index (κ1) is 13.6. The van der Waals surface area contributed by atoms with E-state index in [1.54, 1.807) is 23.1 Å². The number of carbonyl (C=O) groups is 1. The van der Waals surface area contributed by atoms with E-state index in [1.165, 1.54) is 6.07 Å². The molecule has 0 aliphatic carbocycles. The van der Waals surface area contributed by atoms with Gasteiger partial charge >= 0.3 is 11.7 Å². The van der Waals surface area contributed by atoms with Gasteiger partial charge in [-0.15, -0.1) is 0 Å². The van der Waals surface area contributed by atoms with Gasteiger partial charge in [0.05, 0.1) is 13.2 Å². The summed E-state index contributed by atoms with van der Waals surface area (Å²) in [6.45, 7) is 3.89. The van der Waals surface area contributed by atoms with Crippen LogP contribution < -0.4 is 10.4 Å². The first-order chi connectivity index (χ1) is 10.1. The van der Waals surface area contributed by atoms with Crippen LogP contribution in [-0.4, -0.2) is 37.3 Å². The fourth-order valence-corrected chi connectivity index (χ4v) is 2.28. The first-order valence-electron chi connectivity index (χ1n) is 6.72. The number of amides is 1. The SMILES string of the molecule is Cc1cc(=O)oc2cc(OC(=O)N3CCOCC3)ccc12. The van der Waals surface area contributed by atoms with E-state index in [0.717, 1.165) is 10.9 Å². The Morgan fingerprint density at radius 1 is 1.24 bits per heavy atom. The average Bonchev–Trinajstić information content (AvgIpc) is 2.47. The molecule has 6 nitrogen and oxygen atoms in total. The van der Waals surface area contributed by atoms with Crippen molar-refractivity contribution < 1.29 is 18.7 Å². The zero-order valence-corrected chi connectivity index (χ0v) is 11.6. The van der Waals surface area contributed by atoms with Gasteiger partial charge in [0.1, 0.15) is 11.3 Å². The standard InChI is InChI=1S/C15H15NO5/c1-10-8-14(17)21-13-9-11(2-3-12(10)13)20-15(18)16-4-6-19-7-5-16/h2-3,8-9H,4-7H2,1H3. The number of hydrogen-bond donors (Lipinski definition) is 0. The number of ether oxygens (including phenoxy) is 2. The molecule has 0 unspecified atom stereocenters. The van der Waals surface area contributed by atoms with E-state index < -0.39 is 11.7 Å². The summed E-state index contributed by atoms with van der Waals surface area (Å²) in [6.07, 6.45) is -0.423. The quantitative estimate of drug-likeness (QED) is 0.750. The highest BCUT2D eigenvalue weighted by Crippen LogP contribution is 2.22. The van der Waals surface area contributed by atoms with E-state index in [9.17, 15) is 9.59 Å². The van der Waals surface area contributed by atoms with Crippen LogP contribution in [0.3, 0.4) is 0 Å². The van der Waals surface area contributed by atoms with Crippen molar-refractivity contribution in [1.82, 2.24) is 4.90 Å². The molecule has 21 heavy (non-hydrogen) atoms. The third-order valence-electron chi connectivity index (χ3n) is 3.40. The lowest BCUT2D eigenvalue weighted by molar-refractivity contribution is 0.0416. The highest BCUT2D eigenvalue weighted by molar-refractivity contribution is 5.82. The summed E-state index contributed by atoms with van der Waals surface area (Å²) in [5.41, 5.74) is 0.816. The van der Waals surface area contributed by atoms with Gasteiger partial charge in [0.15, 0.2) is 0 Å². The number of aryl methyl sites for hydroxylation is 1. The summed E-state index contributed by atoms with van der Waals surface area (Å²) in [7, 11) is 0. The van der Waals surface area contributed by atoms with Gasteiger partial charge in [0.2, 0.25) is 0 Å². The van der Waals surface area contributed by atoms with Crippen LogP contribution in [0.25, 0.3) is 11.0 Å². The lowest BCUT2D eigenvalue weighted by Gasteiger charge is -2.25. The lowest BCUT2D eigenvalue weighted by Crippen LogP contribution is -2.42. The molecule has 0 saturated carbocycles. The molecule has 1 saturated heterocycles. The van der Waals surface area contributed by atoms with E-state index in [1.807, 2.05) is 6.92 Å². The minimum atomic E-state index is -0.423. The van der Waals surface area contributed by atoms with E-state index in [0.29, 0.717) is 37.6 Å². The molecule has 1 aromatic heterocycles. The van der Waals surface area contributed by atoms with Crippen molar-refractivity contribution in [2.75, 3.05) is 26.3 Å². The van der Waals surface area contributed by atoms with Crippen LogP contribution in [0.2, 0.25) is 0 Å². The maximum absolute atomic E-state index is 12.0. The molecule has 0 N–H and O–H groups in total. The fourth-order valence-electron chi connectivity index (χ4n) is 2.28. The van der Waals surface area contributed by atoms with E-state index in [-0.39, 0.29) is 0 Å². The van der Waals surface area contributed by atoms with Gasteiger partial charge in [-0.3, -0.25) is 0 Å². The molecule has 2 heterocycles. The van der Waals surface area contributed by atoms with Gasteiger partial charge in [-0.1, -0.05) is 0 Å². The Kier molecular flexibility index (Phi) is 3.62. The normalized spacial score (nSPS) is 15.2. The summed E-state index contributed by atoms with van der Waals surface area (Å²) in [4.78, 5) is 25.0. The molecule has 110 valence electrons. The molecular weight excluding hydrogens is 274 g/mol. The Morgan fingerprint density at radius 2 is 2.00 bits per heavy atom. The molecule has 0 bridgehead atoms. The molecule has 0 atom stereocenters. The van der Waals surface area contributed by atoms with E-state index >= 15 is 0 Å². The van der Waals surface area contributed by atoms with Crippen LogP contribution in [0.1, 0.15) is 5.56 Å². The summed E-state index contributed by atoms with van der Waals surface area (Å²) < 4.78 is 15.6. The molecule has 1 aromatic carbocycles. The first-order valence-corrected chi connectivity index (χ1v) is 6.72. The number of benzene rings is 1. The highest BCUT2D eigenvalue weighted by atomic mass is 16.6. The maximum atomic E-state index is 12.0. The number of carbonyl (C=O) groups excluding carboxylic acids is 1. The maximum Gasteiger partial charge on any atom is 0.415 e. The molecule has 0 radical (unpaired) electrons. The smallest absolute Gasteiger partial charge is 0.415 e. The molecule has 3 rings (SSSR count). The lowest BCUT2D eigenvalue weighted by atomic mass is 10.1. The van der Waals surface area contributed by atoms with Crippen LogP contribution in [-0.2, 0) is 4.74 Å². The molecule has 2 aromatic rings. The van der Waals surface area contributed by atoms with E-state index in [2.05, 4.69) is 0 Å². The number of fused-ring (bicyclic) bond motifs is 1. The predicted octanol–water partition coefficient (Wildman–Crippen LogP) is 1.93. The van der Waals surface area contributed by atoms with Crippen molar-refractivity contribution in [3.05, 3.63) is 40.2 Å². The number of rotatable bonds is 1. The van der Waals surface area contributed by atoms with Crippen molar-refractivity contribution >= 4 is 17.1 Å². The second-order valence-electron chi connectivity index (χ2n) is 4.87. The molecule has 1 aliphatic heterocycles. The third kappa shape index (κ3) is 2.90. The summed E-state index contributed by atoms with van der Waals surface area (Å²) in [5, 5.41) is 0.820. The Bertz CT molecular complexity index is 730. The minimum Gasteiger partial charge on any atom is -0.423 e. The van der Waals surface area contributed by atoms with Crippen LogP contribution in [0.15, 0.2) is 33.5 Å². The fraction of sp³-hybridized carbons (Fsp3) is 0.333. The van der Waals surface area contributed by atoms with Gasteiger partial charge in [-0.25, -0.2) is 9.59 Å². The molecule has 1 aliphatic rings. The number of nitrogens with zero attached hydrogens (tertiary/aromatic N) is 1. The summed E-state index contributed by atoms with van der Waals surface area (Å²) in [5.74, 6) is 0.354. The second-order valence-corrected chi connectivity index (χ2v) is 4.87. The predicted molar refractivity (Wildman–Crippen MR) is 75.6 cm³/mol. The van der Waals surface area contributed by atoms with Gasteiger partial charge in [-0.2, -0.15) is 0 Å². The monoisotopic (exact) mass is 289 g/mol. The number of hydrogen-bond acceptors (Lipinski definition) is 5. The van der Waals surface area contributed by atoms with Crippen LogP contribution in [0.4, 0.5) is 4.79 Å². The molecule has 1 fully saturated rings. The second kappa shape index (κ2) is 5.57. The van der Waals surface area contributed by atoms with Gasteiger partial charge < -0.3 is 18.8 Å². The molecule has 6 heteroatoms. The summed E-state index contributed by atoms with van der Waals surface area (Å²) >= 11 is 0. The summed E-state index contributed by atoms with van der Waals surface area (Å²) in [6, 6.07) is 6.45. The Labute approximate surface area is 120 Å². The van der Waals surface area contributed by atoms with Crippen molar-refractivity contribution in [2.24, 2.45) is 0 Å². The van der Waals surface area contributed by atoms with E-state index in [4.69, 9.17) is 13.9 Å². The van der Waals surface area contributed by atoms with Crippen molar-refractivity contribution in [2.45, 2.75) is 6.92 Å². The minimum absolute atomic E-state index is 0.354. The molecule has 0 spiro atoms. The van der Waals surface area contributed by atoms with Crippen LogP contribution in [0, 0.1) is 6.92 Å². The molecule has 1 amide bonds. The number of morpholine rings is 1. The average molecular weight is 289 g/mol.